The van der Waals surface area contributed by atoms with Gasteiger partial charge in [-0.3, -0.25) is 13.9 Å². The molecule has 0 bridgehead atoms. The van der Waals surface area contributed by atoms with E-state index in [0.29, 0.717) is 26.0 Å². The molecule has 3 aromatic rings. The van der Waals surface area contributed by atoms with Crippen molar-refractivity contribution in [1.29, 1.82) is 0 Å². The number of rotatable bonds is 10. The highest BCUT2D eigenvalue weighted by Gasteiger charge is 2.41. The number of ketones is 1. The SMILES string of the molecule is CC(C)OC(=O)OCOP(=O)(O)C(C(=O)C/C=C/c1cc(Cl)cc(Cl)c1)c1csc2ccc(Cl)cc12. The van der Waals surface area contributed by atoms with E-state index in [9.17, 15) is 19.0 Å². The minimum atomic E-state index is -4.68. The first-order chi connectivity index (χ1) is 17.0. The summed E-state index contributed by atoms with van der Waals surface area (Å²) in [5, 5.41) is 3.42. The van der Waals surface area contributed by atoms with Gasteiger partial charge in [0.1, 0.15) is 5.66 Å². The van der Waals surface area contributed by atoms with Crippen molar-refractivity contribution in [1.82, 2.24) is 0 Å². The van der Waals surface area contributed by atoms with Crippen LogP contribution < -0.4 is 0 Å². The van der Waals surface area contributed by atoms with E-state index in [-0.39, 0.29) is 12.0 Å². The highest BCUT2D eigenvalue weighted by atomic mass is 35.5. The van der Waals surface area contributed by atoms with E-state index in [2.05, 4.69) is 0 Å². The van der Waals surface area contributed by atoms with Crippen molar-refractivity contribution in [3.8, 4) is 0 Å². The fourth-order valence-electron chi connectivity index (χ4n) is 3.31. The van der Waals surface area contributed by atoms with Crippen LogP contribution in [0.15, 0.2) is 47.9 Å². The van der Waals surface area contributed by atoms with E-state index in [0.717, 1.165) is 4.70 Å². The predicted molar refractivity (Wildman–Crippen MR) is 143 cm³/mol. The number of halogens is 3. The third-order valence-electron chi connectivity index (χ3n) is 4.75. The van der Waals surface area contributed by atoms with Gasteiger partial charge in [-0.2, -0.15) is 0 Å². The summed E-state index contributed by atoms with van der Waals surface area (Å²) in [7, 11) is -4.68. The number of ether oxygens (including phenoxy) is 2. The molecule has 0 amide bonds. The van der Waals surface area contributed by atoms with Gasteiger partial charge in [-0.25, -0.2) is 4.79 Å². The number of benzene rings is 2. The van der Waals surface area contributed by atoms with Crippen LogP contribution in [0.5, 0.6) is 0 Å². The molecule has 0 saturated heterocycles. The molecule has 12 heteroatoms. The van der Waals surface area contributed by atoms with Crippen LogP contribution in [0.2, 0.25) is 15.1 Å². The normalized spacial score (nSPS) is 14.2. The van der Waals surface area contributed by atoms with Crippen LogP contribution in [0.3, 0.4) is 0 Å². The first-order valence-electron chi connectivity index (χ1n) is 10.6. The minimum Gasteiger partial charge on any atom is -0.432 e. The second-order valence-electron chi connectivity index (χ2n) is 7.88. The van der Waals surface area contributed by atoms with E-state index in [1.165, 1.54) is 17.4 Å². The van der Waals surface area contributed by atoms with Gasteiger partial charge >= 0.3 is 13.8 Å². The second-order valence-corrected chi connectivity index (χ2v) is 12.0. The van der Waals surface area contributed by atoms with Crippen molar-refractivity contribution in [2.24, 2.45) is 0 Å². The van der Waals surface area contributed by atoms with Crippen LogP contribution in [0, 0.1) is 0 Å². The fraction of sp³-hybridized carbons (Fsp3) is 0.250. The molecule has 1 aromatic heterocycles. The Morgan fingerprint density at radius 1 is 1.08 bits per heavy atom. The molecule has 192 valence electrons. The highest BCUT2D eigenvalue weighted by molar-refractivity contribution is 7.54. The maximum absolute atomic E-state index is 13.3. The molecular weight excluding hydrogens is 570 g/mol. The number of hydrogen-bond acceptors (Lipinski definition) is 7. The van der Waals surface area contributed by atoms with E-state index in [1.54, 1.807) is 61.7 Å². The van der Waals surface area contributed by atoms with Crippen molar-refractivity contribution < 1.29 is 33.0 Å². The van der Waals surface area contributed by atoms with Crippen molar-refractivity contribution in [3.63, 3.8) is 0 Å². The van der Waals surface area contributed by atoms with Crippen molar-refractivity contribution in [2.45, 2.75) is 32.0 Å². The molecule has 0 aliphatic carbocycles. The van der Waals surface area contributed by atoms with Gasteiger partial charge in [-0.15, -0.1) is 11.3 Å². The molecule has 7 nitrogen and oxygen atoms in total. The quantitative estimate of drug-likeness (QED) is 0.144. The summed E-state index contributed by atoms with van der Waals surface area (Å²) >= 11 is 19.4. The summed E-state index contributed by atoms with van der Waals surface area (Å²) in [6.07, 6.45) is 1.45. The Bertz CT molecular complexity index is 1320. The highest BCUT2D eigenvalue weighted by Crippen LogP contribution is 2.59. The largest absolute Gasteiger partial charge is 0.510 e. The number of carbonyl (C=O) groups is 2. The van der Waals surface area contributed by atoms with Gasteiger partial charge in [0.2, 0.25) is 6.79 Å². The van der Waals surface area contributed by atoms with Crippen molar-refractivity contribution in [2.75, 3.05) is 6.79 Å². The van der Waals surface area contributed by atoms with Gasteiger partial charge in [-0.05, 0) is 72.1 Å². The zero-order valence-corrected chi connectivity index (χ0v) is 23.1. The third-order valence-corrected chi connectivity index (χ3v) is 8.10. The first kappa shape index (κ1) is 28.7. The maximum atomic E-state index is 13.3. The lowest BCUT2D eigenvalue weighted by atomic mass is 10.0. The van der Waals surface area contributed by atoms with Gasteiger partial charge in [0.05, 0.1) is 6.10 Å². The molecule has 0 spiro atoms. The molecule has 36 heavy (non-hydrogen) atoms. The summed E-state index contributed by atoms with van der Waals surface area (Å²) in [6, 6.07) is 9.95. The van der Waals surface area contributed by atoms with Crippen LogP contribution in [-0.4, -0.2) is 29.7 Å². The summed E-state index contributed by atoms with van der Waals surface area (Å²) in [6.45, 7) is 2.36. The minimum absolute atomic E-state index is 0.198. The lowest BCUT2D eigenvalue weighted by Gasteiger charge is -2.21. The molecule has 0 fully saturated rings. The van der Waals surface area contributed by atoms with Gasteiger partial charge in [0.25, 0.3) is 0 Å². The number of fused-ring (bicyclic) bond motifs is 1. The van der Waals surface area contributed by atoms with E-state index >= 15 is 0 Å². The van der Waals surface area contributed by atoms with Gasteiger partial charge in [0.15, 0.2) is 5.78 Å². The third kappa shape index (κ3) is 7.80. The molecule has 0 saturated carbocycles. The topological polar surface area (TPSA) is 99.1 Å². The van der Waals surface area contributed by atoms with Crippen LogP contribution in [0.25, 0.3) is 16.2 Å². The maximum Gasteiger partial charge on any atom is 0.510 e. The Hall–Kier alpha value is -1.90. The summed E-state index contributed by atoms with van der Waals surface area (Å²) in [5.74, 6) is -0.588. The van der Waals surface area contributed by atoms with E-state index < -0.39 is 38.1 Å². The Balaban J connectivity index is 1.87. The average molecular weight is 592 g/mol. The molecule has 3 rings (SSSR count). The summed E-state index contributed by atoms with van der Waals surface area (Å²) in [5.41, 5.74) is -0.607. The molecule has 0 aliphatic rings. The lowest BCUT2D eigenvalue weighted by Crippen LogP contribution is -2.17. The molecule has 0 radical (unpaired) electrons. The molecule has 1 N–H and O–H groups in total. The van der Waals surface area contributed by atoms with Gasteiger partial charge in [0, 0.05) is 26.2 Å². The fourth-order valence-corrected chi connectivity index (χ4v) is 6.48. The number of thiophene rings is 1. The van der Waals surface area contributed by atoms with Gasteiger partial charge < -0.3 is 14.4 Å². The number of carbonyl (C=O) groups excluding carboxylic acids is 2. The Morgan fingerprint density at radius 2 is 1.78 bits per heavy atom. The average Bonchev–Trinajstić information content (AvgIpc) is 3.14. The number of Topliss-reactive ketones (excluding diaryl/α,β-unsaturated/α-hetero) is 1. The second kappa shape index (κ2) is 12.6. The first-order valence-corrected chi connectivity index (χ1v) is 14.2. The monoisotopic (exact) mass is 590 g/mol. The zero-order valence-electron chi connectivity index (χ0n) is 19.2. The lowest BCUT2D eigenvalue weighted by molar-refractivity contribution is -0.118. The van der Waals surface area contributed by atoms with Crippen molar-refractivity contribution in [3.05, 3.63) is 74.0 Å². The van der Waals surface area contributed by atoms with Gasteiger partial charge in [-0.1, -0.05) is 47.0 Å². The zero-order chi connectivity index (χ0) is 26.5. The molecule has 2 unspecified atom stereocenters. The molecule has 1 heterocycles. The smallest absolute Gasteiger partial charge is 0.432 e. The molecular formula is C24H22Cl3O7PS. The van der Waals surface area contributed by atoms with Crippen LogP contribution in [0.1, 0.15) is 37.1 Å². The van der Waals surface area contributed by atoms with E-state index in [4.69, 9.17) is 48.8 Å². The molecule has 2 atom stereocenters. The molecule has 0 aliphatic heterocycles. The molecule has 2 aromatic carbocycles. The van der Waals surface area contributed by atoms with Crippen molar-refractivity contribution >= 4 is 81.8 Å². The van der Waals surface area contributed by atoms with Crippen LogP contribution in [-0.2, 0) is 23.4 Å². The van der Waals surface area contributed by atoms with Crippen LogP contribution in [0.4, 0.5) is 4.79 Å². The summed E-state index contributed by atoms with van der Waals surface area (Å²) < 4.78 is 28.6. The number of allylic oxidation sites excluding steroid dienone is 1. The van der Waals surface area contributed by atoms with Crippen LogP contribution >= 0.6 is 53.7 Å². The Morgan fingerprint density at radius 3 is 2.44 bits per heavy atom. The Kier molecular flexibility index (Phi) is 10.0. The predicted octanol–water partition coefficient (Wildman–Crippen LogP) is 8.30. The standard InChI is InChI=1S/C24H22Cl3O7PS/c1-14(2)34-24(29)32-13-33-35(30,31)23(20-12-36-22-7-6-16(25)11-19(20)22)21(28)5-3-4-15-8-17(26)10-18(27)9-15/h3-4,6-12,14,23H,5,13H2,1-2H3,(H,30,31)/b4-3+. The Labute approximate surface area is 227 Å². The number of hydrogen-bond donors (Lipinski definition) is 1. The van der Waals surface area contributed by atoms with E-state index in [1.807, 2.05) is 0 Å². The summed E-state index contributed by atoms with van der Waals surface area (Å²) in [4.78, 5) is 35.7.